The topological polar surface area (TPSA) is 44.1 Å². The Hall–Kier alpha value is -1.32. The van der Waals surface area contributed by atoms with E-state index in [4.69, 9.17) is 4.74 Å². The second kappa shape index (κ2) is 6.22. The highest BCUT2D eigenvalue weighted by Gasteiger charge is 2.04. The van der Waals surface area contributed by atoms with E-state index in [1.54, 1.807) is 6.20 Å². The lowest BCUT2D eigenvalue weighted by Crippen LogP contribution is -2.06. The van der Waals surface area contributed by atoms with Gasteiger partial charge in [0.1, 0.15) is 5.82 Å². The molecule has 15 heavy (non-hydrogen) atoms. The van der Waals surface area contributed by atoms with Crippen LogP contribution < -0.4 is 0 Å². The Bertz CT molecular complexity index is 307. The number of hydrogen-bond acceptors (Lipinski definition) is 3. The largest absolute Gasteiger partial charge is 0.466 e. The number of ether oxygens (including phenoxy) is 1. The first-order valence-electron chi connectivity index (χ1n) is 5.43. The Morgan fingerprint density at radius 2 is 2.33 bits per heavy atom. The van der Waals surface area contributed by atoms with Gasteiger partial charge in [0.2, 0.25) is 0 Å². The standard InChI is InChI=1S/C11H18N2O2/c1-3-13-9-8-12-10(13)6-5-7-11(14)15-4-2/h8-9H,3-7H2,1-2H3. The minimum Gasteiger partial charge on any atom is -0.466 e. The van der Waals surface area contributed by atoms with Gasteiger partial charge in [-0.3, -0.25) is 4.79 Å². The zero-order valence-electron chi connectivity index (χ0n) is 9.40. The summed E-state index contributed by atoms with van der Waals surface area (Å²) in [5, 5.41) is 0. The van der Waals surface area contributed by atoms with Gasteiger partial charge in [-0.15, -0.1) is 0 Å². The van der Waals surface area contributed by atoms with E-state index in [-0.39, 0.29) is 5.97 Å². The summed E-state index contributed by atoms with van der Waals surface area (Å²) in [4.78, 5) is 15.3. The summed E-state index contributed by atoms with van der Waals surface area (Å²) in [5.41, 5.74) is 0. The highest BCUT2D eigenvalue weighted by Crippen LogP contribution is 2.04. The lowest BCUT2D eigenvalue weighted by Gasteiger charge is -2.04. The summed E-state index contributed by atoms with van der Waals surface area (Å²) >= 11 is 0. The van der Waals surface area contributed by atoms with Crippen molar-refractivity contribution in [3.63, 3.8) is 0 Å². The summed E-state index contributed by atoms with van der Waals surface area (Å²) < 4.78 is 6.94. The maximum atomic E-state index is 11.1. The second-order valence-corrected chi connectivity index (χ2v) is 3.29. The first-order valence-corrected chi connectivity index (χ1v) is 5.43. The molecule has 0 saturated carbocycles. The molecule has 0 atom stereocenters. The van der Waals surface area contributed by atoms with Crippen LogP contribution in [-0.2, 0) is 22.5 Å². The molecule has 0 saturated heterocycles. The molecule has 1 aromatic heterocycles. The van der Waals surface area contributed by atoms with Crippen molar-refractivity contribution in [2.75, 3.05) is 6.61 Å². The Morgan fingerprint density at radius 1 is 1.53 bits per heavy atom. The maximum absolute atomic E-state index is 11.1. The number of aromatic nitrogens is 2. The number of carbonyl (C=O) groups excluding carboxylic acids is 1. The third-order valence-electron chi connectivity index (χ3n) is 2.23. The normalized spacial score (nSPS) is 10.3. The van der Waals surface area contributed by atoms with Crippen LogP contribution in [0.25, 0.3) is 0 Å². The summed E-state index contributed by atoms with van der Waals surface area (Å²) in [6.07, 6.45) is 5.86. The first kappa shape index (κ1) is 11.8. The molecule has 0 radical (unpaired) electrons. The molecule has 0 N–H and O–H groups in total. The molecule has 0 aliphatic rings. The molecule has 84 valence electrons. The Kier molecular flexibility index (Phi) is 4.87. The van der Waals surface area contributed by atoms with Gasteiger partial charge in [0.25, 0.3) is 0 Å². The fourth-order valence-corrected chi connectivity index (χ4v) is 1.48. The average molecular weight is 210 g/mol. The number of imidazole rings is 1. The van der Waals surface area contributed by atoms with Gasteiger partial charge in [-0.25, -0.2) is 4.98 Å². The van der Waals surface area contributed by atoms with E-state index in [9.17, 15) is 4.79 Å². The molecule has 0 aliphatic heterocycles. The van der Waals surface area contributed by atoms with Gasteiger partial charge >= 0.3 is 5.97 Å². The Balaban J connectivity index is 2.28. The molecule has 0 spiro atoms. The van der Waals surface area contributed by atoms with Gasteiger partial charge in [-0.2, -0.15) is 0 Å². The van der Waals surface area contributed by atoms with Crippen molar-refractivity contribution in [2.24, 2.45) is 0 Å². The van der Waals surface area contributed by atoms with Crippen molar-refractivity contribution < 1.29 is 9.53 Å². The molecular weight excluding hydrogens is 192 g/mol. The van der Waals surface area contributed by atoms with Gasteiger partial charge in [-0.05, 0) is 20.3 Å². The molecule has 4 nitrogen and oxygen atoms in total. The van der Waals surface area contributed by atoms with Gasteiger partial charge in [-0.1, -0.05) is 0 Å². The minimum atomic E-state index is -0.118. The molecule has 1 heterocycles. The van der Waals surface area contributed by atoms with Crippen LogP contribution >= 0.6 is 0 Å². The van der Waals surface area contributed by atoms with Crippen molar-refractivity contribution in [3.05, 3.63) is 18.2 Å². The molecule has 1 aromatic rings. The molecule has 4 heteroatoms. The van der Waals surface area contributed by atoms with E-state index in [1.807, 2.05) is 13.1 Å². The van der Waals surface area contributed by atoms with Gasteiger partial charge in [0.15, 0.2) is 0 Å². The summed E-state index contributed by atoms with van der Waals surface area (Å²) in [6, 6.07) is 0. The summed E-state index contributed by atoms with van der Waals surface area (Å²) in [7, 11) is 0. The van der Waals surface area contributed by atoms with Crippen LogP contribution in [0.15, 0.2) is 12.4 Å². The highest BCUT2D eigenvalue weighted by atomic mass is 16.5. The smallest absolute Gasteiger partial charge is 0.305 e. The molecule has 0 fully saturated rings. The summed E-state index contributed by atoms with van der Waals surface area (Å²) in [6.45, 7) is 5.29. The van der Waals surface area contributed by atoms with Crippen molar-refractivity contribution in [2.45, 2.75) is 39.7 Å². The van der Waals surface area contributed by atoms with E-state index in [0.29, 0.717) is 13.0 Å². The van der Waals surface area contributed by atoms with E-state index >= 15 is 0 Å². The monoisotopic (exact) mass is 210 g/mol. The number of nitrogens with zero attached hydrogens (tertiary/aromatic N) is 2. The minimum absolute atomic E-state index is 0.118. The van der Waals surface area contributed by atoms with E-state index < -0.39 is 0 Å². The van der Waals surface area contributed by atoms with Crippen LogP contribution in [0.3, 0.4) is 0 Å². The van der Waals surface area contributed by atoms with Gasteiger partial charge in [0.05, 0.1) is 6.61 Å². The van der Waals surface area contributed by atoms with Crippen LogP contribution in [0.1, 0.15) is 32.5 Å². The third-order valence-corrected chi connectivity index (χ3v) is 2.23. The molecule has 0 unspecified atom stereocenters. The predicted octanol–water partition coefficient (Wildman–Crippen LogP) is 1.79. The molecular formula is C11H18N2O2. The zero-order chi connectivity index (χ0) is 11.1. The molecule has 0 aromatic carbocycles. The van der Waals surface area contributed by atoms with Crippen LogP contribution in [0.5, 0.6) is 0 Å². The van der Waals surface area contributed by atoms with Crippen LogP contribution in [0, 0.1) is 0 Å². The Morgan fingerprint density at radius 3 is 3.00 bits per heavy atom. The predicted molar refractivity (Wildman–Crippen MR) is 57.5 cm³/mol. The molecule has 0 bridgehead atoms. The number of carbonyl (C=O) groups is 1. The summed E-state index contributed by atoms with van der Waals surface area (Å²) in [5.74, 6) is 0.925. The van der Waals surface area contributed by atoms with E-state index in [1.165, 1.54) is 0 Å². The fraction of sp³-hybridized carbons (Fsp3) is 0.636. The SMILES string of the molecule is CCOC(=O)CCCc1nccn1CC. The highest BCUT2D eigenvalue weighted by molar-refractivity contribution is 5.69. The number of rotatable bonds is 6. The molecule has 0 amide bonds. The van der Waals surface area contributed by atoms with E-state index in [0.717, 1.165) is 25.2 Å². The van der Waals surface area contributed by atoms with E-state index in [2.05, 4.69) is 16.5 Å². The second-order valence-electron chi connectivity index (χ2n) is 3.29. The fourth-order valence-electron chi connectivity index (χ4n) is 1.48. The van der Waals surface area contributed by atoms with Gasteiger partial charge in [0, 0.05) is 31.8 Å². The third kappa shape index (κ3) is 3.73. The van der Waals surface area contributed by atoms with Crippen LogP contribution in [0.4, 0.5) is 0 Å². The maximum Gasteiger partial charge on any atom is 0.305 e. The lowest BCUT2D eigenvalue weighted by atomic mass is 10.2. The number of hydrogen-bond donors (Lipinski definition) is 0. The van der Waals surface area contributed by atoms with Crippen LogP contribution in [0.2, 0.25) is 0 Å². The number of aryl methyl sites for hydroxylation is 2. The van der Waals surface area contributed by atoms with Crippen molar-refractivity contribution in [3.8, 4) is 0 Å². The van der Waals surface area contributed by atoms with Crippen molar-refractivity contribution in [1.29, 1.82) is 0 Å². The molecule has 1 rings (SSSR count). The zero-order valence-corrected chi connectivity index (χ0v) is 9.40. The van der Waals surface area contributed by atoms with Crippen molar-refractivity contribution >= 4 is 5.97 Å². The molecule has 0 aliphatic carbocycles. The Labute approximate surface area is 90.3 Å². The average Bonchev–Trinajstić information content (AvgIpc) is 2.66. The van der Waals surface area contributed by atoms with Crippen LogP contribution in [-0.4, -0.2) is 22.1 Å². The number of esters is 1. The quantitative estimate of drug-likeness (QED) is 0.672. The first-order chi connectivity index (χ1) is 7.27. The van der Waals surface area contributed by atoms with Crippen molar-refractivity contribution in [1.82, 2.24) is 9.55 Å². The van der Waals surface area contributed by atoms with Gasteiger partial charge < -0.3 is 9.30 Å². The lowest BCUT2D eigenvalue weighted by molar-refractivity contribution is -0.143.